The van der Waals surface area contributed by atoms with Gasteiger partial charge in [-0.25, -0.2) is 0 Å². The Hall–Kier alpha value is -2.79. The zero-order valence-electron chi connectivity index (χ0n) is 23.7. The van der Waals surface area contributed by atoms with Crippen LogP contribution in [-0.2, 0) is 4.74 Å². The number of allylic oxidation sites excluding steroid dienone is 3. The zero-order chi connectivity index (χ0) is 26.7. The second-order valence-corrected chi connectivity index (χ2v) is 12.0. The molecule has 0 amide bonds. The molecule has 0 aromatic heterocycles. The molecule has 5 heteroatoms. The van der Waals surface area contributed by atoms with Crippen LogP contribution in [-0.4, -0.2) is 39.7 Å². The van der Waals surface area contributed by atoms with Crippen LogP contribution in [0.25, 0.3) is 5.57 Å². The molecule has 3 N–H and O–H groups in total. The number of rotatable bonds is 7. The molecule has 3 rings (SSSR count). The molecule has 1 unspecified atom stereocenters. The molecular weight excluding hydrogens is 446 g/mol. The summed E-state index contributed by atoms with van der Waals surface area (Å²) in [5.74, 6) is 2.75. The van der Waals surface area contributed by atoms with E-state index in [1.54, 1.807) is 14.2 Å². The van der Waals surface area contributed by atoms with Crippen LogP contribution < -0.4 is 15.8 Å². The first-order chi connectivity index (χ1) is 16.8. The second kappa shape index (κ2) is 10.7. The maximum absolute atomic E-state index is 6.34. The maximum Gasteiger partial charge on any atom is 0.125 e. The SMILES string of the molecule is COC1=CCC(C)(C2=C(C(C)(C)C)CN=C2NC/C(=C(\CN)c2ccc(OC)cc2)C(C)(C)C)C=C1. The first kappa shape index (κ1) is 27.8. The van der Waals surface area contributed by atoms with Gasteiger partial charge >= 0.3 is 0 Å². The highest BCUT2D eigenvalue weighted by atomic mass is 16.5. The average molecular weight is 492 g/mol. The Bertz CT molecular complexity index is 1110. The lowest BCUT2D eigenvalue weighted by Crippen LogP contribution is -2.36. The van der Waals surface area contributed by atoms with Crippen molar-refractivity contribution in [2.75, 3.05) is 33.9 Å². The molecule has 1 aromatic rings. The normalized spacial score (nSPS) is 21.2. The van der Waals surface area contributed by atoms with Crippen LogP contribution in [0.5, 0.6) is 5.75 Å². The van der Waals surface area contributed by atoms with Gasteiger partial charge in [0.25, 0.3) is 0 Å². The minimum absolute atomic E-state index is 0.0264. The van der Waals surface area contributed by atoms with Crippen molar-refractivity contribution < 1.29 is 9.47 Å². The smallest absolute Gasteiger partial charge is 0.125 e. The molecule has 196 valence electrons. The van der Waals surface area contributed by atoms with Crippen LogP contribution in [0.2, 0.25) is 0 Å². The summed E-state index contributed by atoms with van der Waals surface area (Å²) in [6, 6.07) is 8.18. The molecule has 1 aliphatic heterocycles. The molecule has 5 nitrogen and oxygen atoms in total. The van der Waals surface area contributed by atoms with E-state index in [0.717, 1.165) is 41.4 Å². The first-order valence-corrected chi connectivity index (χ1v) is 12.9. The van der Waals surface area contributed by atoms with Crippen molar-refractivity contribution in [3.63, 3.8) is 0 Å². The van der Waals surface area contributed by atoms with Gasteiger partial charge in [-0.3, -0.25) is 4.99 Å². The van der Waals surface area contributed by atoms with Crippen molar-refractivity contribution in [2.45, 2.75) is 54.9 Å². The van der Waals surface area contributed by atoms with Crippen LogP contribution in [0.15, 0.2) is 70.0 Å². The number of hydrogen-bond acceptors (Lipinski definition) is 5. The molecule has 2 aliphatic rings. The van der Waals surface area contributed by atoms with E-state index < -0.39 is 0 Å². The molecule has 1 aromatic carbocycles. The molecule has 1 heterocycles. The fourth-order valence-electron chi connectivity index (χ4n) is 5.09. The van der Waals surface area contributed by atoms with Crippen molar-refractivity contribution in [1.29, 1.82) is 0 Å². The van der Waals surface area contributed by atoms with Crippen molar-refractivity contribution in [3.8, 4) is 5.75 Å². The van der Waals surface area contributed by atoms with E-state index in [9.17, 15) is 0 Å². The molecule has 0 fully saturated rings. The predicted molar refractivity (Wildman–Crippen MR) is 152 cm³/mol. The van der Waals surface area contributed by atoms with Gasteiger partial charge in [0, 0.05) is 24.1 Å². The van der Waals surface area contributed by atoms with Gasteiger partial charge in [0.1, 0.15) is 17.3 Å². The van der Waals surface area contributed by atoms with E-state index in [1.165, 1.54) is 16.7 Å². The van der Waals surface area contributed by atoms with E-state index in [2.05, 4.69) is 84.1 Å². The molecule has 1 atom stereocenters. The Balaban J connectivity index is 1.99. The van der Waals surface area contributed by atoms with Crippen LogP contribution in [0.3, 0.4) is 0 Å². The highest BCUT2D eigenvalue weighted by Gasteiger charge is 2.39. The average Bonchev–Trinajstić information content (AvgIpc) is 3.27. The lowest BCUT2D eigenvalue weighted by atomic mass is 9.70. The van der Waals surface area contributed by atoms with Gasteiger partial charge in [-0.05, 0) is 63.8 Å². The number of methoxy groups -OCH3 is 2. The molecular formula is C31H45N3O2. The Morgan fingerprint density at radius 1 is 1.06 bits per heavy atom. The number of aliphatic imine (C=N–C) groups is 1. The predicted octanol–water partition coefficient (Wildman–Crippen LogP) is 6.29. The molecule has 0 bridgehead atoms. The van der Waals surface area contributed by atoms with E-state index in [0.29, 0.717) is 13.1 Å². The van der Waals surface area contributed by atoms with Crippen molar-refractivity contribution in [1.82, 2.24) is 5.32 Å². The number of ether oxygens (including phenoxy) is 2. The van der Waals surface area contributed by atoms with Crippen molar-refractivity contribution >= 4 is 11.4 Å². The number of amidine groups is 1. The van der Waals surface area contributed by atoms with Crippen LogP contribution in [0.1, 0.15) is 60.5 Å². The lowest BCUT2D eigenvalue weighted by molar-refractivity contribution is 0.298. The lowest BCUT2D eigenvalue weighted by Gasteiger charge is -2.35. The van der Waals surface area contributed by atoms with Crippen LogP contribution in [0, 0.1) is 16.2 Å². The number of nitrogens with zero attached hydrogens (tertiary/aromatic N) is 1. The summed E-state index contributed by atoms with van der Waals surface area (Å²) in [5.41, 5.74) is 12.4. The largest absolute Gasteiger partial charge is 0.497 e. The Morgan fingerprint density at radius 3 is 2.19 bits per heavy atom. The molecule has 0 saturated carbocycles. The van der Waals surface area contributed by atoms with Gasteiger partial charge in [0.2, 0.25) is 0 Å². The highest BCUT2D eigenvalue weighted by molar-refractivity contribution is 6.03. The third kappa shape index (κ3) is 5.95. The van der Waals surface area contributed by atoms with Crippen LogP contribution >= 0.6 is 0 Å². The Morgan fingerprint density at radius 2 is 1.72 bits per heavy atom. The quantitative estimate of drug-likeness (QED) is 0.470. The molecule has 1 aliphatic carbocycles. The van der Waals surface area contributed by atoms with Crippen molar-refractivity contribution in [3.05, 3.63) is 70.5 Å². The van der Waals surface area contributed by atoms with Gasteiger partial charge in [0.05, 0.1) is 20.8 Å². The summed E-state index contributed by atoms with van der Waals surface area (Å²) in [4.78, 5) is 5.03. The summed E-state index contributed by atoms with van der Waals surface area (Å²) in [5, 5.41) is 3.76. The molecule has 36 heavy (non-hydrogen) atoms. The van der Waals surface area contributed by atoms with Gasteiger partial charge in [-0.15, -0.1) is 0 Å². The van der Waals surface area contributed by atoms with Gasteiger partial charge in [0.15, 0.2) is 0 Å². The molecule has 0 spiro atoms. The second-order valence-electron chi connectivity index (χ2n) is 12.0. The molecule has 0 radical (unpaired) electrons. The van der Waals surface area contributed by atoms with Gasteiger partial charge in [-0.2, -0.15) is 0 Å². The number of hydrogen-bond donors (Lipinski definition) is 2. The minimum Gasteiger partial charge on any atom is -0.497 e. The van der Waals surface area contributed by atoms with E-state index >= 15 is 0 Å². The summed E-state index contributed by atoms with van der Waals surface area (Å²) < 4.78 is 10.8. The fourth-order valence-corrected chi connectivity index (χ4v) is 5.09. The van der Waals surface area contributed by atoms with E-state index in [1.807, 2.05) is 12.1 Å². The van der Waals surface area contributed by atoms with Gasteiger partial charge in [-0.1, -0.05) is 66.7 Å². The summed E-state index contributed by atoms with van der Waals surface area (Å²) in [6.07, 6.45) is 7.42. The fraction of sp³-hybridized carbons (Fsp3) is 0.516. The maximum atomic E-state index is 6.34. The number of nitrogens with one attached hydrogen (secondary N) is 1. The Kier molecular flexibility index (Phi) is 8.24. The number of nitrogens with two attached hydrogens (primary N) is 1. The monoisotopic (exact) mass is 491 g/mol. The minimum atomic E-state index is -0.148. The third-order valence-corrected chi connectivity index (χ3v) is 7.33. The zero-order valence-corrected chi connectivity index (χ0v) is 23.7. The summed E-state index contributed by atoms with van der Waals surface area (Å²) in [7, 11) is 3.41. The topological polar surface area (TPSA) is 68.9 Å². The van der Waals surface area contributed by atoms with Crippen LogP contribution in [0.4, 0.5) is 0 Å². The first-order valence-electron chi connectivity index (χ1n) is 12.9. The summed E-state index contributed by atoms with van der Waals surface area (Å²) in [6.45, 7) is 17.8. The Labute approximate surface area is 218 Å². The third-order valence-electron chi connectivity index (χ3n) is 7.33. The van der Waals surface area contributed by atoms with Gasteiger partial charge < -0.3 is 20.5 Å². The van der Waals surface area contributed by atoms with Crippen molar-refractivity contribution in [2.24, 2.45) is 27.0 Å². The van der Waals surface area contributed by atoms with E-state index in [-0.39, 0.29) is 16.2 Å². The summed E-state index contributed by atoms with van der Waals surface area (Å²) >= 11 is 0. The standard InChI is InChI=1S/C31H45N3O2/c1-29(2,3)25(24(18-32)21-10-12-22(35-8)13-11-21)19-33-28-27(26(20-34-28)30(4,5)6)31(7)16-14-23(36-9)15-17-31/h10-16H,17-20,32H2,1-9H3,(H,33,34)/b25-24-. The number of benzene rings is 1. The van der Waals surface area contributed by atoms with E-state index in [4.69, 9.17) is 20.2 Å². The highest BCUT2D eigenvalue weighted by Crippen LogP contribution is 2.45. The molecule has 0 saturated heterocycles.